The largest absolute Gasteiger partial charge is 0.0991 e. The third-order valence-corrected chi connectivity index (χ3v) is 4.16. The van der Waals surface area contributed by atoms with Crippen molar-refractivity contribution in [1.82, 2.24) is 0 Å². The van der Waals surface area contributed by atoms with Gasteiger partial charge in [-0.05, 0) is 45.9 Å². The fraction of sp³-hybridized carbons (Fsp3) is 0.417. The Morgan fingerprint density at radius 2 is 1.04 bits per heavy atom. The highest BCUT2D eigenvalue weighted by molar-refractivity contribution is 5.46. The summed E-state index contributed by atoms with van der Waals surface area (Å²) in [6.45, 7) is 21.3. The fourth-order valence-corrected chi connectivity index (χ4v) is 3.01. The summed E-state index contributed by atoms with van der Waals surface area (Å²) in [7, 11) is 0. The standard InChI is InChI=1S/C24H34/c1-9-11-13-15-19-17-22(24(6,7)8)20(16-14-12-10-2)18-21(19)23(3,4)5/h9-14,17-18H,1-2,15-16H2,3-8H3/b13-11+,14-12+. The SMILES string of the molecule is C=C/C=C/Cc1cc(C(C)(C)C)c(C/C=C/C=C)cc1C(C)(C)C. The van der Waals surface area contributed by atoms with Crippen molar-refractivity contribution in [2.75, 3.05) is 0 Å². The van der Waals surface area contributed by atoms with Crippen LogP contribution in [-0.2, 0) is 23.7 Å². The normalized spacial score (nSPS) is 12.9. The van der Waals surface area contributed by atoms with E-state index in [1.165, 1.54) is 22.3 Å². The molecule has 0 atom stereocenters. The quantitative estimate of drug-likeness (QED) is 0.502. The Morgan fingerprint density at radius 1 is 0.708 bits per heavy atom. The van der Waals surface area contributed by atoms with Crippen LogP contribution in [0, 0.1) is 0 Å². The third kappa shape index (κ3) is 5.67. The average Bonchev–Trinajstić information content (AvgIpc) is 2.46. The second-order valence-electron chi connectivity index (χ2n) is 8.40. The number of benzene rings is 1. The lowest BCUT2D eigenvalue weighted by atomic mass is 9.75. The fourth-order valence-electron chi connectivity index (χ4n) is 3.01. The zero-order chi connectivity index (χ0) is 18.4. The zero-order valence-electron chi connectivity index (χ0n) is 16.4. The van der Waals surface area contributed by atoms with Gasteiger partial charge in [0.2, 0.25) is 0 Å². The van der Waals surface area contributed by atoms with Crippen molar-refractivity contribution in [2.45, 2.75) is 65.2 Å². The average molecular weight is 323 g/mol. The maximum absolute atomic E-state index is 3.77. The smallest absolute Gasteiger partial charge is 0.00913 e. The molecular formula is C24H34. The molecule has 0 heteroatoms. The Balaban J connectivity index is 3.52. The molecule has 1 aromatic rings. The minimum atomic E-state index is 0.130. The van der Waals surface area contributed by atoms with E-state index in [0.717, 1.165) is 12.8 Å². The maximum atomic E-state index is 3.77. The lowest BCUT2D eigenvalue weighted by molar-refractivity contribution is 0.567. The first kappa shape index (κ1) is 20.2. The molecule has 0 nitrogen and oxygen atoms in total. The van der Waals surface area contributed by atoms with E-state index < -0.39 is 0 Å². The molecule has 1 aromatic carbocycles. The van der Waals surface area contributed by atoms with Crippen LogP contribution in [0.5, 0.6) is 0 Å². The van der Waals surface area contributed by atoms with Gasteiger partial charge >= 0.3 is 0 Å². The van der Waals surface area contributed by atoms with E-state index in [-0.39, 0.29) is 10.8 Å². The van der Waals surface area contributed by atoms with Crippen LogP contribution in [0.4, 0.5) is 0 Å². The first-order chi connectivity index (χ1) is 11.1. The van der Waals surface area contributed by atoms with Crippen LogP contribution in [0.1, 0.15) is 63.8 Å². The molecule has 0 unspecified atom stereocenters. The van der Waals surface area contributed by atoms with Gasteiger partial charge in [-0.3, -0.25) is 0 Å². The van der Waals surface area contributed by atoms with Gasteiger partial charge in [0.15, 0.2) is 0 Å². The van der Waals surface area contributed by atoms with Crippen molar-refractivity contribution < 1.29 is 0 Å². The van der Waals surface area contributed by atoms with Crippen LogP contribution < -0.4 is 0 Å². The minimum absolute atomic E-state index is 0.130. The molecule has 0 radical (unpaired) electrons. The molecule has 0 spiro atoms. The second kappa shape index (κ2) is 8.33. The van der Waals surface area contributed by atoms with Crippen molar-refractivity contribution >= 4 is 0 Å². The molecule has 24 heavy (non-hydrogen) atoms. The number of allylic oxidation sites excluding steroid dienone is 6. The number of hydrogen-bond acceptors (Lipinski definition) is 0. The summed E-state index contributed by atoms with van der Waals surface area (Å²) in [6, 6.07) is 4.84. The van der Waals surface area contributed by atoms with E-state index in [4.69, 9.17) is 0 Å². The molecule has 0 bridgehead atoms. The van der Waals surface area contributed by atoms with Crippen LogP contribution in [-0.4, -0.2) is 0 Å². The first-order valence-electron chi connectivity index (χ1n) is 8.83. The molecule has 0 N–H and O–H groups in total. The molecular weight excluding hydrogens is 288 g/mol. The molecule has 0 saturated carbocycles. The highest BCUT2D eigenvalue weighted by atomic mass is 14.3. The van der Waals surface area contributed by atoms with Gasteiger partial charge in [-0.1, -0.05) is 103 Å². The highest BCUT2D eigenvalue weighted by Gasteiger charge is 2.24. The highest BCUT2D eigenvalue weighted by Crippen LogP contribution is 2.34. The summed E-state index contributed by atoms with van der Waals surface area (Å²) in [5, 5.41) is 0. The van der Waals surface area contributed by atoms with Crippen molar-refractivity contribution in [2.24, 2.45) is 0 Å². The Kier molecular flexibility index (Phi) is 7.02. The van der Waals surface area contributed by atoms with E-state index in [1.54, 1.807) is 0 Å². The molecule has 1 rings (SSSR count). The van der Waals surface area contributed by atoms with E-state index in [9.17, 15) is 0 Å². The zero-order valence-corrected chi connectivity index (χ0v) is 16.4. The predicted molar refractivity (Wildman–Crippen MR) is 110 cm³/mol. The molecule has 0 amide bonds. The summed E-state index contributed by atoms with van der Waals surface area (Å²) in [5.74, 6) is 0. The van der Waals surface area contributed by atoms with Gasteiger partial charge in [-0.2, -0.15) is 0 Å². The van der Waals surface area contributed by atoms with Crippen LogP contribution in [0.25, 0.3) is 0 Å². The van der Waals surface area contributed by atoms with Crippen LogP contribution in [0.15, 0.2) is 61.7 Å². The minimum Gasteiger partial charge on any atom is -0.0991 e. The summed E-state index contributed by atoms with van der Waals surface area (Å²) in [6.07, 6.45) is 14.0. The van der Waals surface area contributed by atoms with Crippen molar-refractivity contribution in [1.29, 1.82) is 0 Å². The maximum Gasteiger partial charge on any atom is -0.00913 e. The van der Waals surface area contributed by atoms with Gasteiger partial charge in [0, 0.05) is 0 Å². The van der Waals surface area contributed by atoms with E-state index in [0.29, 0.717) is 0 Å². The Bertz CT molecular complexity index is 567. The van der Waals surface area contributed by atoms with Gasteiger partial charge < -0.3 is 0 Å². The Morgan fingerprint density at radius 3 is 1.29 bits per heavy atom. The van der Waals surface area contributed by atoms with Gasteiger partial charge in [0.25, 0.3) is 0 Å². The molecule has 130 valence electrons. The van der Waals surface area contributed by atoms with Crippen molar-refractivity contribution in [3.8, 4) is 0 Å². The number of hydrogen-bond donors (Lipinski definition) is 0. The van der Waals surface area contributed by atoms with Gasteiger partial charge in [-0.25, -0.2) is 0 Å². The summed E-state index contributed by atoms with van der Waals surface area (Å²) in [5.41, 5.74) is 5.97. The lowest BCUT2D eigenvalue weighted by Gasteiger charge is -2.29. The van der Waals surface area contributed by atoms with E-state index in [1.807, 2.05) is 24.3 Å². The Hall–Kier alpha value is -1.82. The van der Waals surface area contributed by atoms with Crippen molar-refractivity contribution in [3.05, 3.63) is 84.0 Å². The van der Waals surface area contributed by atoms with E-state index >= 15 is 0 Å². The summed E-state index contributed by atoms with van der Waals surface area (Å²) < 4.78 is 0. The molecule has 0 aliphatic heterocycles. The third-order valence-electron chi connectivity index (χ3n) is 4.16. The van der Waals surface area contributed by atoms with Crippen LogP contribution in [0.2, 0.25) is 0 Å². The summed E-state index contributed by atoms with van der Waals surface area (Å²) >= 11 is 0. The van der Waals surface area contributed by atoms with Gasteiger partial charge in [0.05, 0.1) is 0 Å². The summed E-state index contributed by atoms with van der Waals surface area (Å²) in [4.78, 5) is 0. The van der Waals surface area contributed by atoms with E-state index in [2.05, 4.69) is 79.0 Å². The molecule has 0 aromatic heterocycles. The van der Waals surface area contributed by atoms with Gasteiger partial charge in [-0.15, -0.1) is 0 Å². The van der Waals surface area contributed by atoms with Crippen molar-refractivity contribution in [3.63, 3.8) is 0 Å². The molecule has 0 heterocycles. The number of rotatable bonds is 6. The van der Waals surface area contributed by atoms with Gasteiger partial charge in [0.1, 0.15) is 0 Å². The first-order valence-corrected chi connectivity index (χ1v) is 8.83. The molecule has 0 aliphatic rings. The molecule has 0 fully saturated rings. The monoisotopic (exact) mass is 322 g/mol. The predicted octanol–water partition coefficient (Wildman–Crippen LogP) is 6.85. The topological polar surface area (TPSA) is 0 Å². The second-order valence-corrected chi connectivity index (χ2v) is 8.40. The molecule has 0 aliphatic carbocycles. The van der Waals surface area contributed by atoms with Crippen LogP contribution >= 0.6 is 0 Å². The Labute approximate surface area is 149 Å². The lowest BCUT2D eigenvalue weighted by Crippen LogP contribution is -2.20. The van der Waals surface area contributed by atoms with Crippen LogP contribution in [0.3, 0.4) is 0 Å². The molecule has 0 saturated heterocycles.